The number of rotatable bonds is 4. The molecule has 4 aromatic rings. The molecule has 0 aliphatic rings. The number of hydrogen-bond acceptors (Lipinski definition) is 5. The van der Waals surface area contributed by atoms with Crippen LogP contribution in [0.4, 0.5) is 5.69 Å². The molecule has 1 amide bonds. The summed E-state index contributed by atoms with van der Waals surface area (Å²) in [6.07, 6.45) is -1.06. The van der Waals surface area contributed by atoms with Gasteiger partial charge in [-0.05, 0) is 24.4 Å². The van der Waals surface area contributed by atoms with E-state index in [1.807, 2.05) is 36.4 Å². The maximum atomic E-state index is 12.7. The number of hydrogen-bond donors (Lipinski definition) is 1. The van der Waals surface area contributed by atoms with Gasteiger partial charge in [0.25, 0.3) is 11.5 Å². The highest BCUT2D eigenvalue weighted by Crippen LogP contribution is 2.23. The molecule has 4 rings (SSSR count). The number of amides is 1. The summed E-state index contributed by atoms with van der Waals surface area (Å²) < 4.78 is 6.44. The molecule has 3 aromatic carbocycles. The van der Waals surface area contributed by atoms with Gasteiger partial charge in [0.05, 0.1) is 5.39 Å². The molecule has 1 heterocycles. The van der Waals surface area contributed by atoms with Crippen LogP contribution in [-0.4, -0.2) is 27.8 Å². The summed E-state index contributed by atoms with van der Waals surface area (Å²) in [6.45, 7) is 1.49. The van der Waals surface area contributed by atoms with Crippen molar-refractivity contribution in [2.24, 2.45) is 7.05 Å². The van der Waals surface area contributed by atoms with Crippen molar-refractivity contribution in [2.75, 3.05) is 5.32 Å². The molecule has 150 valence electrons. The minimum atomic E-state index is -1.06. The van der Waals surface area contributed by atoms with Crippen molar-refractivity contribution in [3.05, 3.63) is 82.8 Å². The molecule has 1 aromatic heterocycles. The van der Waals surface area contributed by atoms with E-state index in [1.165, 1.54) is 14.0 Å². The molecule has 7 heteroatoms. The quantitative estimate of drug-likeness (QED) is 0.530. The van der Waals surface area contributed by atoms with Crippen LogP contribution in [0, 0.1) is 0 Å². The van der Waals surface area contributed by atoms with E-state index in [2.05, 4.69) is 10.4 Å². The van der Waals surface area contributed by atoms with E-state index in [1.54, 1.807) is 30.3 Å². The highest BCUT2D eigenvalue weighted by molar-refractivity contribution is 6.06. The Kier molecular flexibility index (Phi) is 5.02. The van der Waals surface area contributed by atoms with E-state index in [-0.39, 0.29) is 11.3 Å². The van der Waals surface area contributed by atoms with Gasteiger partial charge < -0.3 is 10.1 Å². The number of aryl methyl sites for hydroxylation is 1. The van der Waals surface area contributed by atoms with Crippen LogP contribution in [0.15, 0.2) is 71.5 Å². The summed E-state index contributed by atoms with van der Waals surface area (Å²) in [5.41, 5.74) is 0.299. The first-order valence-corrected chi connectivity index (χ1v) is 9.41. The molecule has 7 nitrogen and oxygen atoms in total. The molecule has 0 spiro atoms. The number of carbonyl (C=O) groups is 2. The Hall–Kier alpha value is -4.00. The van der Waals surface area contributed by atoms with Gasteiger partial charge in [-0.1, -0.05) is 54.6 Å². The standard InChI is InChI=1S/C23H19N3O4/c1-14(21(27)24-19-13-7-9-15-8-3-4-10-16(15)19)30-23(29)20-17-11-5-6-12-18(17)22(28)26(2)25-20/h3-14H,1-2H3,(H,24,27)/t14-/m0/s1. The Morgan fingerprint density at radius 2 is 1.57 bits per heavy atom. The van der Waals surface area contributed by atoms with Crippen LogP contribution in [0.1, 0.15) is 17.4 Å². The minimum Gasteiger partial charge on any atom is -0.448 e. The third kappa shape index (κ3) is 3.53. The zero-order valence-corrected chi connectivity index (χ0v) is 16.5. The average Bonchev–Trinajstić information content (AvgIpc) is 2.76. The molecule has 0 saturated heterocycles. The van der Waals surface area contributed by atoms with E-state index in [0.717, 1.165) is 15.5 Å². The molecular weight excluding hydrogens is 382 g/mol. The van der Waals surface area contributed by atoms with Crippen molar-refractivity contribution in [1.29, 1.82) is 0 Å². The van der Waals surface area contributed by atoms with Gasteiger partial charge >= 0.3 is 5.97 Å². The molecule has 0 bridgehead atoms. The van der Waals surface area contributed by atoms with Crippen LogP contribution >= 0.6 is 0 Å². The maximum Gasteiger partial charge on any atom is 0.360 e. The zero-order valence-electron chi connectivity index (χ0n) is 16.5. The van der Waals surface area contributed by atoms with Gasteiger partial charge in [-0.15, -0.1) is 0 Å². The van der Waals surface area contributed by atoms with Crippen LogP contribution in [0.25, 0.3) is 21.5 Å². The SMILES string of the molecule is C[C@H](OC(=O)c1nn(C)c(=O)c2ccccc12)C(=O)Nc1cccc2ccccc12. The van der Waals surface area contributed by atoms with Crippen LogP contribution in [-0.2, 0) is 16.6 Å². The summed E-state index contributed by atoms with van der Waals surface area (Å²) in [5, 5.41) is 9.45. The Morgan fingerprint density at radius 3 is 2.33 bits per heavy atom. The first-order chi connectivity index (χ1) is 14.5. The number of fused-ring (bicyclic) bond motifs is 2. The fourth-order valence-corrected chi connectivity index (χ4v) is 3.29. The number of anilines is 1. The summed E-state index contributed by atoms with van der Waals surface area (Å²) in [7, 11) is 1.46. The summed E-state index contributed by atoms with van der Waals surface area (Å²) in [6, 6.07) is 19.9. The molecule has 0 fully saturated rings. The maximum absolute atomic E-state index is 12.7. The van der Waals surface area contributed by atoms with Crippen molar-refractivity contribution >= 4 is 39.1 Å². The molecule has 0 saturated carbocycles. The molecule has 1 atom stereocenters. The van der Waals surface area contributed by atoms with Gasteiger partial charge in [-0.25, -0.2) is 9.48 Å². The van der Waals surface area contributed by atoms with Crippen molar-refractivity contribution < 1.29 is 14.3 Å². The molecule has 0 aliphatic heterocycles. The normalized spacial score (nSPS) is 11.9. The predicted octanol–water partition coefficient (Wildman–Crippen LogP) is 3.27. The number of ether oxygens (including phenoxy) is 1. The predicted molar refractivity (Wildman–Crippen MR) is 114 cm³/mol. The highest BCUT2D eigenvalue weighted by Gasteiger charge is 2.23. The largest absolute Gasteiger partial charge is 0.448 e. The molecule has 30 heavy (non-hydrogen) atoms. The van der Waals surface area contributed by atoms with Crippen LogP contribution in [0.2, 0.25) is 0 Å². The second-order valence-corrected chi connectivity index (χ2v) is 6.89. The Balaban J connectivity index is 1.57. The van der Waals surface area contributed by atoms with Crippen LogP contribution < -0.4 is 10.9 Å². The number of carbonyl (C=O) groups excluding carboxylic acids is 2. The third-order valence-electron chi connectivity index (χ3n) is 4.85. The minimum absolute atomic E-state index is 0.0162. The lowest BCUT2D eigenvalue weighted by Gasteiger charge is -2.15. The Morgan fingerprint density at radius 1 is 0.933 bits per heavy atom. The van der Waals surface area contributed by atoms with Gasteiger partial charge in [-0.3, -0.25) is 9.59 Å². The number of esters is 1. The average molecular weight is 401 g/mol. The molecule has 0 aliphatic carbocycles. The Bertz CT molecular complexity index is 1340. The lowest BCUT2D eigenvalue weighted by molar-refractivity contribution is -0.123. The molecular formula is C23H19N3O4. The van der Waals surface area contributed by atoms with Gasteiger partial charge in [0, 0.05) is 23.5 Å². The van der Waals surface area contributed by atoms with E-state index < -0.39 is 18.0 Å². The van der Waals surface area contributed by atoms with Crippen molar-refractivity contribution in [3.63, 3.8) is 0 Å². The first-order valence-electron chi connectivity index (χ1n) is 9.41. The van der Waals surface area contributed by atoms with Crippen molar-refractivity contribution in [3.8, 4) is 0 Å². The van der Waals surface area contributed by atoms with Crippen molar-refractivity contribution in [2.45, 2.75) is 13.0 Å². The van der Waals surface area contributed by atoms with Gasteiger partial charge in [-0.2, -0.15) is 5.10 Å². The van der Waals surface area contributed by atoms with Crippen LogP contribution in [0.5, 0.6) is 0 Å². The van der Waals surface area contributed by atoms with E-state index in [9.17, 15) is 14.4 Å². The fraction of sp³-hybridized carbons (Fsp3) is 0.130. The van der Waals surface area contributed by atoms with Gasteiger partial charge in [0.1, 0.15) is 0 Å². The molecule has 1 N–H and O–H groups in total. The topological polar surface area (TPSA) is 90.3 Å². The van der Waals surface area contributed by atoms with Gasteiger partial charge in [0.15, 0.2) is 11.8 Å². The number of benzene rings is 3. The first kappa shape index (κ1) is 19.3. The lowest BCUT2D eigenvalue weighted by atomic mass is 10.1. The Labute approximate surface area is 171 Å². The van der Waals surface area contributed by atoms with E-state index in [0.29, 0.717) is 16.5 Å². The van der Waals surface area contributed by atoms with E-state index >= 15 is 0 Å². The molecule has 0 unspecified atom stereocenters. The van der Waals surface area contributed by atoms with Gasteiger partial charge in [0.2, 0.25) is 0 Å². The second kappa shape index (κ2) is 7.79. The summed E-state index contributed by atoms with van der Waals surface area (Å²) in [5.74, 6) is -1.24. The third-order valence-corrected chi connectivity index (χ3v) is 4.85. The summed E-state index contributed by atoms with van der Waals surface area (Å²) >= 11 is 0. The van der Waals surface area contributed by atoms with Crippen molar-refractivity contribution in [1.82, 2.24) is 9.78 Å². The fourth-order valence-electron chi connectivity index (χ4n) is 3.29. The lowest BCUT2D eigenvalue weighted by Crippen LogP contribution is -2.31. The van der Waals surface area contributed by atoms with Crippen LogP contribution in [0.3, 0.4) is 0 Å². The summed E-state index contributed by atoms with van der Waals surface area (Å²) in [4.78, 5) is 37.6. The molecule has 0 radical (unpaired) electrons. The number of aromatic nitrogens is 2. The second-order valence-electron chi connectivity index (χ2n) is 6.89. The zero-order chi connectivity index (χ0) is 21.3. The number of nitrogens with one attached hydrogen (secondary N) is 1. The monoisotopic (exact) mass is 401 g/mol. The number of nitrogens with zero attached hydrogens (tertiary/aromatic N) is 2. The van der Waals surface area contributed by atoms with E-state index in [4.69, 9.17) is 4.74 Å². The smallest absolute Gasteiger partial charge is 0.360 e. The highest BCUT2D eigenvalue weighted by atomic mass is 16.5.